The zero-order chi connectivity index (χ0) is 13.0. The number of hydrogen-bond acceptors (Lipinski definition) is 4. The Bertz CT molecular complexity index is 407. The van der Waals surface area contributed by atoms with Gasteiger partial charge in [-0.25, -0.2) is 4.79 Å². The largest absolute Gasteiger partial charge is 0.479 e. The van der Waals surface area contributed by atoms with Crippen molar-refractivity contribution in [3.8, 4) is 5.75 Å². The molecule has 0 radical (unpaired) electrons. The zero-order valence-electron chi connectivity index (χ0n) is 10.1. The molecule has 17 heavy (non-hydrogen) atoms. The number of halogens is 1. The third-order valence-corrected chi connectivity index (χ3v) is 2.79. The minimum atomic E-state index is -0.654. The van der Waals surface area contributed by atoms with Gasteiger partial charge >= 0.3 is 5.97 Å². The second-order valence-electron chi connectivity index (χ2n) is 3.75. The minimum absolute atomic E-state index is 0.174. The molecule has 2 N–H and O–H groups in total. The Kier molecular flexibility index (Phi) is 4.96. The number of esters is 1. The summed E-state index contributed by atoms with van der Waals surface area (Å²) in [6.45, 7) is 3.50. The average Bonchev–Trinajstić information content (AvgIpc) is 2.29. The Labute approximate surface area is 109 Å². The molecule has 1 aromatic carbocycles. The van der Waals surface area contributed by atoms with E-state index >= 15 is 0 Å². The molecule has 1 unspecified atom stereocenters. The fourth-order valence-corrected chi connectivity index (χ4v) is 1.77. The van der Waals surface area contributed by atoms with Crippen molar-refractivity contribution in [2.45, 2.75) is 26.0 Å². The van der Waals surface area contributed by atoms with Crippen molar-refractivity contribution in [2.24, 2.45) is 5.73 Å². The van der Waals surface area contributed by atoms with E-state index in [0.717, 1.165) is 10.0 Å². The molecule has 2 atom stereocenters. The number of carbonyl (C=O) groups excluding carboxylic acids is 1. The number of benzene rings is 1. The molecular formula is C12H16BrNO3. The van der Waals surface area contributed by atoms with E-state index < -0.39 is 12.1 Å². The van der Waals surface area contributed by atoms with Crippen LogP contribution in [0.5, 0.6) is 5.75 Å². The first-order valence-electron chi connectivity index (χ1n) is 5.25. The van der Waals surface area contributed by atoms with Gasteiger partial charge in [0.05, 0.1) is 7.11 Å². The van der Waals surface area contributed by atoms with E-state index in [-0.39, 0.29) is 6.04 Å². The maximum Gasteiger partial charge on any atom is 0.346 e. The molecule has 0 saturated carbocycles. The van der Waals surface area contributed by atoms with Crippen molar-refractivity contribution in [3.05, 3.63) is 28.2 Å². The van der Waals surface area contributed by atoms with E-state index in [2.05, 4.69) is 20.7 Å². The van der Waals surface area contributed by atoms with Crippen LogP contribution in [0.15, 0.2) is 22.7 Å². The summed E-state index contributed by atoms with van der Waals surface area (Å²) in [7, 11) is 1.33. The summed E-state index contributed by atoms with van der Waals surface area (Å²) in [6, 6.07) is 5.32. The Balaban J connectivity index is 2.94. The summed E-state index contributed by atoms with van der Waals surface area (Å²) < 4.78 is 11.1. The van der Waals surface area contributed by atoms with Crippen molar-refractivity contribution >= 4 is 21.9 Å². The van der Waals surface area contributed by atoms with E-state index in [1.54, 1.807) is 13.0 Å². The van der Waals surface area contributed by atoms with Crippen molar-refractivity contribution in [3.63, 3.8) is 0 Å². The predicted octanol–water partition coefficient (Wildman–Crippen LogP) is 2.41. The summed E-state index contributed by atoms with van der Waals surface area (Å²) in [6.07, 6.45) is -0.654. The molecular weight excluding hydrogens is 286 g/mol. The van der Waals surface area contributed by atoms with E-state index in [0.29, 0.717) is 5.75 Å². The van der Waals surface area contributed by atoms with Gasteiger partial charge in [0, 0.05) is 16.1 Å². The molecule has 0 fully saturated rings. The van der Waals surface area contributed by atoms with Crippen LogP contribution in [0, 0.1) is 0 Å². The minimum Gasteiger partial charge on any atom is -0.479 e. The van der Waals surface area contributed by atoms with Crippen LogP contribution in [0.4, 0.5) is 0 Å². The molecule has 1 rings (SSSR count). The van der Waals surface area contributed by atoms with Gasteiger partial charge in [-0.3, -0.25) is 0 Å². The summed E-state index contributed by atoms with van der Waals surface area (Å²) in [5.74, 6) is 0.185. The fourth-order valence-electron chi connectivity index (χ4n) is 1.39. The Hall–Kier alpha value is -1.07. The van der Waals surface area contributed by atoms with E-state index in [4.69, 9.17) is 10.5 Å². The summed E-state index contributed by atoms with van der Waals surface area (Å²) >= 11 is 3.37. The summed E-state index contributed by atoms with van der Waals surface area (Å²) in [5.41, 5.74) is 6.69. The standard InChI is InChI=1S/C12H16BrNO3/c1-7(14)10-6-9(13)4-5-11(10)17-8(2)12(15)16-3/h4-8H,14H2,1-3H3/t7-,8?/m1/s1. The Morgan fingerprint density at radius 2 is 2.06 bits per heavy atom. The quantitative estimate of drug-likeness (QED) is 0.868. The molecule has 0 aliphatic rings. The lowest BCUT2D eigenvalue weighted by atomic mass is 10.1. The first-order valence-corrected chi connectivity index (χ1v) is 6.04. The number of rotatable bonds is 4. The first-order chi connectivity index (χ1) is 7.95. The third-order valence-electron chi connectivity index (χ3n) is 2.30. The van der Waals surface area contributed by atoms with E-state index in [9.17, 15) is 4.79 Å². The van der Waals surface area contributed by atoms with Crippen LogP contribution in [-0.4, -0.2) is 19.2 Å². The molecule has 0 aliphatic heterocycles. The van der Waals surface area contributed by atoms with Crippen LogP contribution >= 0.6 is 15.9 Å². The van der Waals surface area contributed by atoms with Gasteiger partial charge < -0.3 is 15.2 Å². The van der Waals surface area contributed by atoms with Crippen LogP contribution in [-0.2, 0) is 9.53 Å². The number of nitrogens with two attached hydrogens (primary N) is 1. The highest BCUT2D eigenvalue weighted by molar-refractivity contribution is 9.10. The second kappa shape index (κ2) is 6.02. The van der Waals surface area contributed by atoms with Crippen molar-refractivity contribution in [2.75, 3.05) is 7.11 Å². The van der Waals surface area contributed by atoms with Gasteiger partial charge in [-0.15, -0.1) is 0 Å². The lowest BCUT2D eigenvalue weighted by Crippen LogP contribution is -2.25. The number of carbonyl (C=O) groups is 1. The predicted molar refractivity (Wildman–Crippen MR) is 68.9 cm³/mol. The van der Waals surface area contributed by atoms with Gasteiger partial charge in [0.25, 0.3) is 0 Å². The molecule has 4 nitrogen and oxygen atoms in total. The second-order valence-corrected chi connectivity index (χ2v) is 4.67. The number of methoxy groups -OCH3 is 1. The zero-order valence-corrected chi connectivity index (χ0v) is 11.7. The Morgan fingerprint density at radius 3 is 2.59 bits per heavy atom. The highest BCUT2D eigenvalue weighted by atomic mass is 79.9. The molecule has 94 valence electrons. The van der Waals surface area contributed by atoms with Crippen LogP contribution in [0.3, 0.4) is 0 Å². The Morgan fingerprint density at radius 1 is 1.41 bits per heavy atom. The number of ether oxygens (including phenoxy) is 2. The molecule has 0 aliphatic carbocycles. The molecule has 5 heteroatoms. The molecule has 0 heterocycles. The monoisotopic (exact) mass is 301 g/mol. The van der Waals surface area contributed by atoms with Crippen molar-refractivity contribution in [1.29, 1.82) is 0 Å². The summed E-state index contributed by atoms with van der Waals surface area (Å²) in [5, 5.41) is 0. The lowest BCUT2D eigenvalue weighted by molar-refractivity contribution is -0.147. The van der Waals surface area contributed by atoms with Gasteiger partial charge in [0.2, 0.25) is 0 Å². The molecule has 1 aromatic rings. The molecule has 0 amide bonds. The smallest absolute Gasteiger partial charge is 0.346 e. The average molecular weight is 302 g/mol. The fraction of sp³-hybridized carbons (Fsp3) is 0.417. The van der Waals surface area contributed by atoms with Gasteiger partial charge in [-0.05, 0) is 32.0 Å². The van der Waals surface area contributed by atoms with E-state index in [1.807, 2.05) is 19.1 Å². The topological polar surface area (TPSA) is 61.5 Å². The van der Waals surface area contributed by atoms with Gasteiger partial charge in [0.1, 0.15) is 5.75 Å². The van der Waals surface area contributed by atoms with Gasteiger partial charge in [0.15, 0.2) is 6.10 Å². The van der Waals surface area contributed by atoms with E-state index in [1.165, 1.54) is 7.11 Å². The van der Waals surface area contributed by atoms with Gasteiger partial charge in [-0.2, -0.15) is 0 Å². The number of hydrogen-bond donors (Lipinski definition) is 1. The first kappa shape index (κ1) is 14.0. The molecule has 0 saturated heterocycles. The maximum atomic E-state index is 11.3. The highest BCUT2D eigenvalue weighted by Crippen LogP contribution is 2.28. The van der Waals surface area contributed by atoms with Crippen LogP contribution in [0.25, 0.3) is 0 Å². The maximum absolute atomic E-state index is 11.3. The third kappa shape index (κ3) is 3.71. The van der Waals surface area contributed by atoms with Crippen LogP contribution in [0.1, 0.15) is 25.5 Å². The SMILES string of the molecule is COC(=O)C(C)Oc1ccc(Br)cc1[C@@H](C)N. The normalized spacial score (nSPS) is 13.9. The highest BCUT2D eigenvalue weighted by Gasteiger charge is 2.17. The molecule has 0 bridgehead atoms. The van der Waals surface area contributed by atoms with Crippen LogP contribution < -0.4 is 10.5 Å². The summed E-state index contributed by atoms with van der Waals surface area (Å²) in [4.78, 5) is 11.3. The molecule has 0 spiro atoms. The van der Waals surface area contributed by atoms with Crippen molar-refractivity contribution < 1.29 is 14.3 Å². The van der Waals surface area contributed by atoms with Gasteiger partial charge in [-0.1, -0.05) is 15.9 Å². The van der Waals surface area contributed by atoms with Crippen LogP contribution in [0.2, 0.25) is 0 Å². The van der Waals surface area contributed by atoms with Crippen molar-refractivity contribution in [1.82, 2.24) is 0 Å². The lowest BCUT2D eigenvalue weighted by Gasteiger charge is -2.17. The molecule has 0 aromatic heterocycles.